The summed E-state index contributed by atoms with van der Waals surface area (Å²) in [4.78, 5) is 0. The summed E-state index contributed by atoms with van der Waals surface area (Å²) in [6.07, 6.45) is 0. The fourth-order valence-corrected chi connectivity index (χ4v) is 2.33. The Kier molecular flexibility index (Phi) is 3.93. The highest BCUT2D eigenvalue weighted by atomic mass is 15.0. The van der Waals surface area contributed by atoms with E-state index in [4.69, 9.17) is 15.8 Å². The largest absolute Gasteiger partial charge is 0.345 e. The Morgan fingerprint density at radius 3 is 2.43 bits per heavy atom. The summed E-state index contributed by atoms with van der Waals surface area (Å²) >= 11 is 0. The van der Waals surface area contributed by atoms with Gasteiger partial charge in [-0.05, 0) is 38.1 Å². The van der Waals surface area contributed by atoms with Gasteiger partial charge in [-0.25, -0.2) is 0 Å². The molecule has 2 aromatic rings. The first-order valence-corrected chi connectivity index (χ1v) is 6.46. The summed E-state index contributed by atoms with van der Waals surface area (Å²) in [7, 11) is 0. The van der Waals surface area contributed by atoms with Crippen molar-refractivity contribution in [1.82, 2.24) is 4.57 Å². The lowest BCUT2D eigenvalue weighted by atomic mass is 10.2. The van der Waals surface area contributed by atoms with Crippen LogP contribution in [0.3, 0.4) is 0 Å². The molecule has 0 aliphatic carbocycles. The lowest BCUT2D eigenvalue weighted by Gasteiger charge is -2.06. The molecule has 0 saturated heterocycles. The van der Waals surface area contributed by atoms with Gasteiger partial charge < -0.3 is 9.88 Å². The van der Waals surface area contributed by atoms with Crippen LogP contribution in [0.5, 0.6) is 0 Å². The Hall–Kier alpha value is -3.23. The Labute approximate surface area is 122 Å². The summed E-state index contributed by atoms with van der Waals surface area (Å²) in [6, 6.07) is 13.0. The maximum atomic E-state index is 9.04. The number of hydrogen-bond acceptors (Lipinski definition) is 4. The van der Waals surface area contributed by atoms with Gasteiger partial charge >= 0.3 is 0 Å². The van der Waals surface area contributed by atoms with Crippen molar-refractivity contribution >= 4 is 16.6 Å². The van der Waals surface area contributed by atoms with Crippen molar-refractivity contribution in [2.24, 2.45) is 0 Å². The van der Waals surface area contributed by atoms with Crippen molar-refractivity contribution in [3.05, 3.63) is 41.2 Å². The minimum Gasteiger partial charge on any atom is -0.345 e. The fourth-order valence-electron chi connectivity index (χ4n) is 2.33. The zero-order valence-electron chi connectivity index (χ0n) is 11.8. The molecular weight excluding hydrogens is 262 g/mol. The van der Waals surface area contributed by atoms with Crippen LogP contribution < -0.4 is 5.32 Å². The number of benzene rings is 1. The number of nitrogens with one attached hydrogen (secondary N) is 1. The monoisotopic (exact) mass is 275 g/mol. The molecule has 5 nitrogen and oxygen atoms in total. The van der Waals surface area contributed by atoms with Crippen LogP contribution in [0.25, 0.3) is 10.9 Å². The van der Waals surface area contributed by atoms with Crippen molar-refractivity contribution < 1.29 is 0 Å². The van der Waals surface area contributed by atoms with Crippen molar-refractivity contribution in [2.75, 3.05) is 5.32 Å². The van der Waals surface area contributed by atoms with Crippen molar-refractivity contribution in [1.29, 1.82) is 15.8 Å². The number of nitriles is 3. The number of aryl methyl sites for hydroxylation is 2. The average Bonchev–Trinajstić information content (AvgIpc) is 2.81. The summed E-state index contributed by atoms with van der Waals surface area (Å²) in [6.45, 7) is 5.01. The molecule has 21 heavy (non-hydrogen) atoms. The first kappa shape index (κ1) is 14.2. The van der Waals surface area contributed by atoms with E-state index in [1.54, 1.807) is 12.1 Å². The van der Waals surface area contributed by atoms with Crippen molar-refractivity contribution in [3.8, 4) is 18.2 Å². The number of allylic oxidation sites excluding steroid dienone is 2. The Morgan fingerprint density at radius 2 is 1.86 bits per heavy atom. The number of anilines is 1. The molecule has 0 unspecified atom stereocenters. The minimum atomic E-state index is -0.222. The predicted molar refractivity (Wildman–Crippen MR) is 79.8 cm³/mol. The summed E-state index contributed by atoms with van der Waals surface area (Å²) < 4.78 is 2.19. The highest BCUT2D eigenvalue weighted by molar-refractivity contribution is 5.85. The van der Waals surface area contributed by atoms with Crippen LogP contribution in [0.2, 0.25) is 0 Å². The third-order valence-corrected chi connectivity index (χ3v) is 3.28. The van der Waals surface area contributed by atoms with E-state index in [1.165, 1.54) is 0 Å². The third kappa shape index (κ3) is 2.56. The van der Waals surface area contributed by atoms with E-state index in [0.29, 0.717) is 5.69 Å². The molecule has 102 valence electrons. The van der Waals surface area contributed by atoms with E-state index >= 15 is 0 Å². The van der Waals surface area contributed by atoms with Crippen LogP contribution >= 0.6 is 0 Å². The molecular formula is C16H13N5. The van der Waals surface area contributed by atoms with Gasteiger partial charge in [-0.2, -0.15) is 15.8 Å². The maximum Gasteiger partial charge on any atom is 0.163 e. The van der Waals surface area contributed by atoms with Crippen LogP contribution in [-0.4, -0.2) is 4.57 Å². The molecule has 0 radical (unpaired) electrons. The normalized spacial score (nSPS) is 9.48. The molecule has 1 heterocycles. The second-order valence-corrected chi connectivity index (χ2v) is 4.51. The quantitative estimate of drug-likeness (QED) is 0.871. The second-order valence-electron chi connectivity index (χ2n) is 4.51. The van der Waals surface area contributed by atoms with Gasteiger partial charge in [0.1, 0.15) is 23.9 Å². The van der Waals surface area contributed by atoms with Crippen molar-refractivity contribution in [2.45, 2.75) is 20.4 Å². The van der Waals surface area contributed by atoms with Gasteiger partial charge in [-0.15, -0.1) is 0 Å². The van der Waals surface area contributed by atoms with Gasteiger partial charge in [0.25, 0.3) is 0 Å². The molecule has 0 atom stereocenters. The predicted octanol–water partition coefficient (Wildman–Crippen LogP) is 3.21. The fraction of sp³-hybridized carbons (Fsp3) is 0.188. The number of hydrogen-bond donors (Lipinski definition) is 1. The molecule has 0 bridgehead atoms. The van der Waals surface area contributed by atoms with E-state index in [1.807, 2.05) is 31.2 Å². The topological polar surface area (TPSA) is 88.3 Å². The third-order valence-electron chi connectivity index (χ3n) is 3.28. The standard InChI is InChI=1S/C16H13N5/c1-3-21-11(2)6-12-7-14(4-5-16(12)21)20-15(10-19)13(8-17)9-18/h4-7,20H,3H2,1-2H3. The smallest absolute Gasteiger partial charge is 0.163 e. The molecule has 0 saturated carbocycles. The highest BCUT2D eigenvalue weighted by Crippen LogP contribution is 2.24. The lowest BCUT2D eigenvalue weighted by molar-refractivity contribution is 0.770. The van der Waals surface area contributed by atoms with Crippen molar-refractivity contribution in [3.63, 3.8) is 0 Å². The van der Waals surface area contributed by atoms with E-state index < -0.39 is 0 Å². The van der Waals surface area contributed by atoms with Gasteiger partial charge in [-0.1, -0.05) is 0 Å². The molecule has 0 amide bonds. The summed E-state index contributed by atoms with van der Waals surface area (Å²) in [5, 5.41) is 30.6. The molecule has 0 fully saturated rings. The maximum absolute atomic E-state index is 9.04. The molecule has 0 aliphatic heterocycles. The van der Waals surface area contributed by atoms with Crippen LogP contribution in [0.15, 0.2) is 35.5 Å². The first-order chi connectivity index (χ1) is 10.1. The van der Waals surface area contributed by atoms with E-state index in [2.05, 4.69) is 22.9 Å². The molecule has 0 aliphatic rings. The molecule has 1 N–H and O–H groups in total. The van der Waals surface area contributed by atoms with Crippen LogP contribution in [0.1, 0.15) is 12.6 Å². The Bertz CT molecular complexity index is 834. The summed E-state index contributed by atoms with van der Waals surface area (Å²) in [5.41, 5.74) is 2.69. The Balaban J connectivity index is 2.47. The Morgan fingerprint density at radius 1 is 1.14 bits per heavy atom. The zero-order chi connectivity index (χ0) is 15.4. The number of rotatable bonds is 3. The SMILES string of the molecule is CCn1c(C)cc2cc(NC(C#N)=C(C#N)C#N)ccc21. The van der Waals surface area contributed by atoms with Gasteiger partial charge in [0, 0.05) is 28.8 Å². The molecule has 5 heteroatoms. The van der Waals surface area contributed by atoms with E-state index in [9.17, 15) is 0 Å². The first-order valence-electron chi connectivity index (χ1n) is 6.46. The number of nitrogens with zero attached hydrogens (tertiary/aromatic N) is 4. The summed E-state index contributed by atoms with van der Waals surface area (Å²) in [5.74, 6) is 0. The van der Waals surface area contributed by atoms with Gasteiger partial charge in [0.05, 0.1) is 0 Å². The van der Waals surface area contributed by atoms with Crippen LogP contribution in [0.4, 0.5) is 5.69 Å². The van der Waals surface area contributed by atoms with Gasteiger partial charge in [0.15, 0.2) is 5.57 Å². The zero-order valence-corrected chi connectivity index (χ0v) is 11.8. The second kappa shape index (κ2) is 5.82. The molecule has 1 aromatic heterocycles. The lowest BCUT2D eigenvalue weighted by Crippen LogP contribution is -2.00. The average molecular weight is 275 g/mol. The van der Waals surface area contributed by atoms with E-state index in [-0.39, 0.29) is 11.3 Å². The van der Waals surface area contributed by atoms with Crippen LogP contribution in [-0.2, 0) is 6.54 Å². The highest BCUT2D eigenvalue weighted by Gasteiger charge is 2.08. The van der Waals surface area contributed by atoms with Gasteiger partial charge in [-0.3, -0.25) is 0 Å². The minimum absolute atomic E-state index is 0.0361. The van der Waals surface area contributed by atoms with E-state index in [0.717, 1.165) is 23.1 Å². The number of fused-ring (bicyclic) bond motifs is 1. The van der Waals surface area contributed by atoms with Crippen LogP contribution in [0, 0.1) is 40.9 Å². The number of aromatic nitrogens is 1. The molecule has 0 spiro atoms. The molecule has 1 aromatic carbocycles. The van der Waals surface area contributed by atoms with Gasteiger partial charge in [0.2, 0.25) is 0 Å². The molecule has 2 rings (SSSR count).